The van der Waals surface area contributed by atoms with E-state index >= 15 is 0 Å². The zero-order chi connectivity index (χ0) is 20.0. The predicted molar refractivity (Wildman–Crippen MR) is 98.5 cm³/mol. The first-order valence-corrected chi connectivity index (χ1v) is 9.81. The van der Waals surface area contributed by atoms with E-state index < -0.39 is 36.3 Å². The van der Waals surface area contributed by atoms with Crippen LogP contribution >= 0.6 is 15.9 Å². The number of carbonyl (C=O) groups excluding carboxylic acids is 4. The molecule has 8 nitrogen and oxygen atoms in total. The Morgan fingerprint density at radius 2 is 1.93 bits per heavy atom. The maximum Gasteiger partial charge on any atom is 0.337 e. The van der Waals surface area contributed by atoms with Crippen LogP contribution in [0, 0.1) is 23.7 Å². The lowest BCUT2D eigenvalue weighted by molar-refractivity contribution is -0.157. The number of ether oxygens (including phenoxy) is 3. The maximum atomic E-state index is 12.5. The third-order valence-corrected chi connectivity index (χ3v) is 6.93. The number of nitrogens with one attached hydrogen (secondary N) is 1. The monoisotopic (exact) mass is 451 g/mol. The SMILES string of the molecule is COC(=O)c1ccc(NC(=O)COC(=O)[C@@H]2[C@H]3C[C@H]4[C@H](OC(=O)[C@@H]42)[C@H]3Br)cc1. The number of rotatable bonds is 5. The molecule has 0 unspecified atom stereocenters. The number of halogens is 1. The zero-order valence-corrected chi connectivity index (χ0v) is 16.5. The smallest absolute Gasteiger partial charge is 0.337 e. The van der Waals surface area contributed by atoms with Gasteiger partial charge in [0.2, 0.25) is 0 Å². The minimum absolute atomic E-state index is 0.0205. The highest BCUT2D eigenvalue weighted by Crippen LogP contribution is 2.60. The second kappa shape index (κ2) is 7.20. The van der Waals surface area contributed by atoms with Gasteiger partial charge in [0.05, 0.1) is 29.3 Å². The predicted octanol–water partition coefficient (Wildman–Crippen LogP) is 1.53. The Bertz CT molecular complexity index is 839. The number of amides is 1. The Labute approximate surface area is 169 Å². The van der Waals surface area contributed by atoms with E-state index in [-0.39, 0.29) is 28.7 Å². The van der Waals surface area contributed by atoms with Crippen LogP contribution in [0.3, 0.4) is 0 Å². The molecule has 3 aliphatic rings. The molecule has 28 heavy (non-hydrogen) atoms. The zero-order valence-electron chi connectivity index (χ0n) is 14.9. The number of carbonyl (C=O) groups is 4. The van der Waals surface area contributed by atoms with E-state index in [4.69, 9.17) is 9.47 Å². The largest absolute Gasteiger partial charge is 0.465 e. The molecular formula is C19H18BrNO7. The van der Waals surface area contributed by atoms with Crippen molar-refractivity contribution in [1.82, 2.24) is 0 Å². The molecule has 1 amide bonds. The summed E-state index contributed by atoms with van der Waals surface area (Å²) in [6.45, 7) is -0.455. The van der Waals surface area contributed by atoms with E-state index in [1.165, 1.54) is 19.2 Å². The van der Waals surface area contributed by atoms with Gasteiger partial charge < -0.3 is 19.5 Å². The lowest BCUT2D eigenvalue weighted by Crippen LogP contribution is -2.39. The highest BCUT2D eigenvalue weighted by molar-refractivity contribution is 9.09. The van der Waals surface area contributed by atoms with Crippen LogP contribution in [-0.4, -0.2) is 48.5 Å². The second-order valence-electron chi connectivity index (χ2n) is 7.19. The summed E-state index contributed by atoms with van der Waals surface area (Å²) in [5, 5.41) is 2.59. The molecule has 0 radical (unpaired) electrons. The van der Waals surface area contributed by atoms with Crippen LogP contribution in [0.1, 0.15) is 16.8 Å². The molecule has 1 N–H and O–H groups in total. The Hall–Kier alpha value is -2.42. The molecule has 9 heteroatoms. The standard InChI is InChI=1S/C19H18BrNO7/c1-26-17(23)8-2-4-9(5-3-8)21-12(22)7-27-18(24)13-10-6-11-14(13)19(25)28-16(11)15(10)20/h2-5,10-11,13-16H,6-7H2,1H3,(H,21,22)/t10-,11-,13-,14+,15+,16+/m1/s1. The van der Waals surface area contributed by atoms with Crippen molar-refractivity contribution in [3.05, 3.63) is 29.8 Å². The van der Waals surface area contributed by atoms with Gasteiger partial charge in [0.15, 0.2) is 6.61 Å². The molecule has 3 fully saturated rings. The molecule has 0 aromatic heterocycles. The van der Waals surface area contributed by atoms with E-state index in [2.05, 4.69) is 26.0 Å². The Morgan fingerprint density at radius 3 is 2.61 bits per heavy atom. The van der Waals surface area contributed by atoms with Crippen molar-refractivity contribution in [2.24, 2.45) is 23.7 Å². The lowest BCUT2D eigenvalue weighted by Gasteiger charge is -2.26. The fraction of sp³-hybridized carbons (Fsp3) is 0.474. The van der Waals surface area contributed by atoms with Crippen LogP contribution in [0.5, 0.6) is 0 Å². The Morgan fingerprint density at radius 1 is 1.21 bits per heavy atom. The summed E-state index contributed by atoms with van der Waals surface area (Å²) in [7, 11) is 1.28. The summed E-state index contributed by atoms with van der Waals surface area (Å²) in [6.07, 6.45) is 0.581. The molecule has 0 spiro atoms. The summed E-state index contributed by atoms with van der Waals surface area (Å²) in [4.78, 5) is 48.0. The van der Waals surface area contributed by atoms with E-state index in [0.717, 1.165) is 6.42 Å². The lowest BCUT2D eigenvalue weighted by atomic mass is 9.80. The van der Waals surface area contributed by atoms with Crippen molar-refractivity contribution in [3.63, 3.8) is 0 Å². The first-order chi connectivity index (χ1) is 13.4. The van der Waals surface area contributed by atoms with Gasteiger partial charge in [0, 0.05) is 11.6 Å². The Balaban J connectivity index is 1.32. The van der Waals surface area contributed by atoms with Crippen molar-refractivity contribution >= 4 is 45.4 Å². The summed E-state index contributed by atoms with van der Waals surface area (Å²) < 4.78 is 15.2. The maximum absolute atomic E-state index is 12.5. The molecule has 4 rings (SSSR count). The van der Waals surface area contributed by atoms with Crippen LogP contribution < -0.4 is 5.32 Å². The second-order valence-corrected chi connectivity index (χ2v) is 8.24. The molecule has 1 saturated heterocycles. The third kappa shape index (κ3) is 3.07. The molecular weight excluding hydrogens is 434 g/mol. The molecule has 2 saturated carbocycles. The highest BCUT2D eigenvalue weighted by Gasteiger charge is 2.68. The molecule has 6 atom stereocenters. The topological polar surface area (TPSA) is 108 Å². The number of hydrogen-bond acceptors (Lipinski definition) is 7. The van der Waals surface area contributed by atoms with Gasteiger partial charge in [0.1, 0.15) is 6.10 Å². The van der Waals surface area contributed by atoms with E-state index in [9.17, 15) is 19.2 Å². The minimum Gasteiger partial charge on any atom is -0.465 e. The van der Waals surface area contributed by atoms with E-state index in [1.807, 2.05) is 0 Å². The summed E-state index contributed by atoms with van der Waals surface area (Å²) in [5.41, 5.74) is 0.811. The minimum atomic E-state index is -0.576. The number of fused-ring (bicyclic) bond motifs is 1. The molecule has 2 aliphatic carbocycles. The van der Waals surface area contributed by atoms with Gasteiger partial charge in [-0.25, -0.2) is 4.79 Å². The van der Waals surface area contributed by atoms with Gasteiger partial charge >= 0.3 is 17.9 Å². The van der Waals surface area contributed by atoms with Crippen molar-refractivity contribution in [2.45, 2.75) is 17.4 Å². The van der Waals surface area contributed by atoms with Gasteiger partial charge in [-0.15, -0.1) is 0 Å². The molecule has 2 bridgehead atoms. The number of anilines is 1. The van der Waals surface area contributed by atoms with Crippen molar-refractivity contribution < 1.29 is 33.4 Å². The van der Waals surface area contributed by atoms with Gasteiger partial charge in [-0.2, -0.15) is 0 Å². The van der Waals surface area contributed by atoms with Gasteiger partial charge in [0.25, 0.3) is 5.91 Å². The van der Waals surface area contributed by atoms with E-state index in [1.54, 1.807) is 12.1 Å². The highest BCUT2D eigenvalue weighted by atomic mass is 79.9. The van der Waals surface area contributed by atoms with Crippen LogP contribution in [0.25, 0.3) is 0 Å². The van der Waals surface area contributed by atoms with E-state index in [0.29, 0.717) is 11.3 Å². The fourth-order valence-corrected chi connectivity index (χ4v) is 5.58. The normalized spacial score (nSPS) is 32.0. The first kappa shape index (κ1) is 18.9. The summed E-state index contributed by atoms with van der Waals surface area (Å²) >= 11 is 3.53. The Kier molecular flexibility index (Phi) is 4.86. The molecule has 148 valence electrons. The molecule has 1 aliphatic heterocycles. The van der Waals surface area contributed by atoms with Crippen molar-refractivity contribution in [2.75, 3.05) is 19.0 Å². The van der Waals surface area contributed by atoms with Crippen LogP contribution in [0.2, 0.25) is 0 Å². The van der Waals surface area contributed by atoms with Crippen molar-refractivity contribution in [1.29, 1.82) is 0 Å². The number of esters is 3. The fourth-order valence-electron chi connectivity index (χ4n) is 4.53. The molecule has 1 aromatic carbocycles. The molecule has 1 heterocycles. The van der Waals surface area contributed by atoms with Gasteiger partial charge in [-0.05, 0) is 36.6 Å². The van der Waals surface area contributed by atoms with Gasteiger partial charge in [-0.3, -0.25) is 14.4 Å². The van der Waals surface area contributed by atoms with Crippen LogP contribution in [0.4, 0.5) is 5.69 Å². The third-order valence-electron chi connectivity index (χ3n) is 5.73. The number of methoxy groups -OCH3 is 1. The average Bonchev–Trinajstić information content (AvgIpc) is 3.30. The van der Waals surface area contributed by atoms with Crippen LogP contribution in [-0.2, 0) is 28.6 Å². The summed E-state index contributed by atoms with van der Waals surface area (Å²) in [6, 6.07) is 6.12. The number of benzene rings is 1. The average molecular weight is 452 g/mol. The summed E-state index contributed by atoms with van der Waals surface area (Å²) in [5.74, 6) is -2.90. The number of hydrogen-bond donors (Lipinski definition) is 1. The first-order valence-electron chi connectivity index (χ1n) is 8.90. The van der Waals surface area contributed by atoms with Crippen LogP contribution in [0.15, 0.2) is 24.3 Å². The van der Waals surface area contributed by atoms with Gasteiger partial charge in [-0.1, -0.05) is 15.9 Å². The van der Waals surface area contributed by atoms with Crippen molar-refractivity contribution in [3.8, 4) is 0 Å². The number of alkyl halides is 1. The quantitative estimate of drug-likeness (QED) is 0.410. The molecule has 1 aromatic rings.